The van der Waals surface area contributed by atoms with Gasteiger partial charge in [-0.25, -0.2) is 4.39 Å². The maximum atomic E-state index is 13.2. The van der Waals surface area contributed by atoms with E-state index in [0.29, 0.717) is 17.8 Å². The Morgan fingerprint density at radius 3 is 2.41 bits per heavy atom. The van der Waals surface area contributed by atoms with E-state index in [1.165, 1.54) is 13.0 Å². The Bertz CT molecular complexity index is 642. The van der Waals surface area contributed by atoms with Gasteiger partial charge in [-0.3, -0.25) is 4.79 Å². The van der Waals surface area contributed by atoms with Crippen LogP contribution in [0.4, 0.5) is 17.6 Å². The van der Waals surface area contributed by atoms with Crippen molar-refractivity contribution in [2.75, 3.05) is 0 Å². The topological polar surface area (TPSA) is 32.9 Å². The highest BCUT2D eigenvalue weighted by molar-refractivity contribution is 5.82. The van der Waals surface area contributed by atoms with Crippen LogP contribution in [-0.2, 0) is 6.18 Å². The molecule has 0 aliphatic rings. The summed E-state index contributed by atoms with van der Waals surface area (Å²) in [5.41, 5.74) is -1.55. The van der Waals surface area contributed by atoms with Crippen LogP contribution in [0.2, 0.25) is 0 Å². The van der Waals surface area contributed by atoms with Crippen molar-refractivity contribution in [3.63, 3.8) is 0 Å². The Morgan fingerprint density at radius 2 is 1.82 bits per heavy atom. The minimum Gasteiger partial charge on any atom is -0.326 e. The lowest BCUT2D eigenvalue weighted by atomic mass is 10.1. The molecule has 0 aliphatic carbocycles. The van der Waals surface area contributed by atoms with E-state index < -0.39 is 23.1 Å². The van der Waals surface area contributed by atoms with Crippen molar-refractivity contribution in [1.82, 2.24) is 4.98 Å². The van der Waals surface area contributed by atoms with E-state index in [9.17, 15) is 22.4 Å². The second kappa shape index (κ2) is 3.58. The maximum absolute atomic E-state index is 13.2. The Labute approximate surface area is 92.9 Å². The molecule has 17 heavy (non-hydrogen) atoms. The van der Waals surface area contributed by atoms with Crippen LogP contribution in [0.1, 0.15) is 11.3 Å². The third-order valence-electron chi connectivity index (χ3n) is 2.37. The van der Waals surface area contributed by atoms with E-state index in [4.69, 9.17) is 0 Å². The van der Waals surface area contributed by atoms with Gasteiger partial charge in [0.1, 0.15) is 5.82 Å². The SMILES string of the molecule is Cc1cc2cc(C(F)(F)F)c(F)cc2c(=O)[nH]1. The highest BCUT2D eigenvalue weighted by Gasteiger charge is 2.34. The molecule has 0 unspecified atom stereocenters. The normalized spacial score (nSPS) is 12.1. The van der Waals surface area contributed by atoms with Gasteiger partial charge in [-0.05, 0) is 30.5 Å². The predicted octanol–water partition coefficient (Wildman–Crippen LogP) is 2.99. The fraction of sp³-hybridized carbons (Fsp3) is 0.182. The van der Waals surface area contributed by atoms with Gasteiger partial charge < -0.3 is 4.98 Å². The Kier molecular flexibility index (Phi) is 2.45. The van der Waals surface area contributed by atoms with Crippen LogP contribution >= 0.6 is 0 Å². The minimum atomic E-state index is -4.77. The van der Waals surface area contributed by atoms with Crippen LogP contribution in [-0.4, -0.2) is 4.98 Å². The average Bonchev–Trinajstić information content (AvgIpc) is 2.16. The summed E-state index contributed by atoms with van der Waals surface area (Å²) < 4.78 is 50.6. The molecule has 2 aromatic rings. The van der Waals surface area contributed by atoms with Gasteiger partial charge in [-0.1, -0.05) is 0 Å². The molecule has 1 N–H and O–H groups in total. The fourth-order valence-electron chi connectivity index (χ4n) is 1.64. The van der Waals surface area contributed by atoms with Crippen molar-refractivity contribution in [2.45, 2.75) is 13.1 Å². The average molecular weight is 245 g/mol. The lowest BCUT2D eigenvalue weighted by Gasteiger charge is -2.09. The van der Waals surface area contributed by atoms with Crippen LogP contribution in [0.3, 0.4) is 0 Å². The van der Waals surface area contributed by atoms with Gasteiger partial charge in [0.15, 0.2) is 0 Å². The summed E-state index contributed by atoms with van der Waals surface area (Å²) in [6.07, 6.45) is -4.77. The summed E-state index contributed by atoms with van der Waals surface area (Å²) in [6, 6.07) is 2.62. The van der Waals surface area contributed by atoms with E-state index in [1.54, 1.807) is 0 Å². The molecule has 0 radical (unpaired) electrons. The largest absolute Gasteiger partial charge is 0.419 e. The number of nitrogens with one attached hydrogen (secondary N) is 1. The molecule has 2 rings (SSSR count). The summed E-state index contributed by atoms with van der Waals surface area (Å²) in [5.74, 6) is -1.45. The number of H-pyrrole nitrogens is 1. The molecule has 0 saturated heterocycles. The van der Waals surface area contributed by atoms with Crippen LogP contribution in [0.5, 0.6) is 0 Å². The first-order valence-corrected chi connectivity index (χ1v) is 4.69. The number of pyridine rings is 1. The van der Waals surface area contributed by atoms with Gasteiger partial charge >= 0.3 is 6.18 Å². The number of rotatable bonds is 0. The van der Waals surface area contributed by atoms with E-state index in [0.717, 1.165) is 0 Å². The summed E-state index contributed by atoms with van der Waals surface area (Å²) in [6.45, 7) is 1.54. The number of aromatic amines is 1. The van der Waals surface area contributed by atoms with Crippen molar-refractivity contribution in [2.24, 2.45) is 0 Å². The predicted molar refractivity (Wildman–Crippen MR) is 54.3 cm³/mol. The van der Waals surface area contributed by atoms with Crippen LogP contribution < -0.4 is 5.56 Å². The van der Waals surface area contributed by atoms with Crippen molar-refractivity contribution >= 4 is 10.8 Å². The third kappa shape index (κ3) is 2.02. The molecule has 0 bridgehead atoms. The number of halogens is 4. The zero-order valence-corrected chi connectivity index (χ0v) is 8.65. The van der Waals surface area contributed by atoms with Crippen LogP contribution in [0, 0.1) is 12.7 Å². The van der Waals surface area contributed by atoms with Gasteiger partial charge in [0.25, 0.3) is 5.56 Å². The van der Waals surface area contributed by atoms with Gasteiger partial charge in [0.2, 0.25) is 0 Å². The first-order valence-electron chi connectivity index (χ1n) is 4.69. The molecule has 0 atom stereocenters. The Hall–Kier alpha value is -1.85. The summed E-state index contributed by atoms with van der Waals surface area (Å²) in [4.78, 5) is 13.8. The van der Waals surface area contributed by atoms with Crippen molar-refractivity contribution < 1.29 is 17.6 Å². The standard InChI is InChI=1S/C11H7F4NO/c1-5-2-6-3-8(11(13,14)15)9(12)4-7(6)10(17)16-5/h2-4H,1H3,(H,16,17). The highest BCUT2D eigenvalue weighted by Crippen LogP contribution is 2.33. The number of aromatic nitrogens is 1. The Balaban J connectivity index is 2.86. The van der Waals surface area contributed by atoms with Gasteiger partial charge in [0.05, 0.1) is 5.56 Å². The van der Waals surface area contributed by atoms with Crippen molar-refractivity contribution in [1.29, 1.82) is 0 Å². The monoisotopic (exact) mass is 245 g/mol. The lowest BCUT2D eigenvalue weighted by molar-refractivity contribution is -0.139. The molecular weight excluding hydrogens is 238 g/mol. The molecule has 1 aromatic carbocycles. The van der Waals surface area contributed by atoms with Crippen LogP contribution in [0.25, 0.3) is 10.8 Å². The Morgan fingerprint density at radius 1 is 1.18 bits per heavy atom. The molecule has 6 heteroatoms. The second-order valence-corrected chi connectivity index (χ2v) is 3.70. The number of hydrogen-bond acceptors (Lipinski definition) is 1. The summed E-state index contributed by atoms with van der Waals surface area (Å²) in [5, 5.41) is -0.0268. The van der Waals surface area contributed by atoms with E-state index in [-0.39, 0.29) is 10.8 Å². The van der Waals surface area contributed by atoms with Gasteiger partial charge in [-0.15, -0.1) is 0 Å². The number of alkyl halides is 3. The quantitative estimate of drug-likeness (QED) is 0.711. The van der Waals surface area contributed by atoms with Crippen molar-refractivity contribution in [3.8, 4) is 0 Å². The summed E-state index contributed by atoms with van der Waals surface area (Å²) in [7, 11) is 0. The second-order valence-electron chi connectivity index (χ2n) is 3.70. The molecule has 1 heterocycles. The van der Waals surface area contributed by atoms with Crippen molar-refractivity contribution in [3.05, 3.63) is 45.6 Å². The smallest absolute Gasteiger partial charge is 0.326 e. The molecule has 0 spiro atoms. The minimum absolute atomic E-state index is 0.0694. The van der Waals surface area contributed by atoms with Gasteiger partial charge in [-0.2, -0.15) is 13.2 Å². The maximum Gasteiger partial charge on any atom is 0.419 e. The third-order valence-corrected chi connectivity index (χ3v) is 2.37. The molecule has 0 saturated carbocycles. The molecule has 0 fully saturated rings. The lowest BCUT2D eigenvalue weighted by Crippen LogP contribution is -2.12. The van der Waals surface area contributed by atoms with Crippen LogP contribution in [0.15, 0.2) is 23.0 Å². The van der Waals surface area contributed by atoms with Gasteiger partial charge in [0, 0.05) is 11.1 Å². The molecule has 0 amide bonds. The number of benzene rings is 1. The zero-order valence-electron chi connectivity index (χ0n) is 8.65. The summed E-state index contributed by atoms with van der Waals surface area (Å²) >= 11 is 0. The zero-order chi connectivity index (χ0) is 12.8. The van der Waals surface area contributed by atoms with E-state index in [2.05, 4.69) is 4.98 Å². The molecule has 0 aliphatic heterocycles. The fourth-order valence-corrected chi connectivity index (χ4v) is 1.64. The first-order chi connectivity index (χ1) is 7.79. The first kappa shape index (κ1) is 11.6. The highest BCUT2D eigenvalue weighted by atomic mass is 19.4. The molecule has 2 nitrogen and oxygen atoms in total. The molecular formula is C11H7F4NO. The molecule has 90 valence electrons. The number of fused-ring (bicyclic) bond motifs is 1. The van der Waals surface area contributed by atoms with E-state index >= 15 is 0 Å². The van der Waals surface area contributed by atoms with E-state index in [1.807, 2.05) is 0 Å². The molecule has 1 aromatic heterocycles. The number of hydrogen-bond donors (Lipinski definition) is 1. The number of aryl methyl sites for hydroxylation is 1.